The molecule has 0 bridgehead atoms. The molecule has 2 fully saturated rings. The minimum atomic E-state index is -0.129. The van der Waals surface area contributed by atoms with E-state index >= 15 is 0 Å². The first-order chi connectivity index (χ1) is 10.1. The maximum absolute atomic E-state index is 11.5. The second-order valence-electron chi connectivity index (χ2n) is 5.84. The fraction of sp³-hybridized carbons (Fsp3) is 0.467. The Kier molecular flexibility index (Phi) is 5.66. The fourth-order valence-electron chi connectivity index (χ4n) is 3.08. The van der Waals surface area contributed by atoms with Crippen LogP contribution in [0.4, 0.5) is 5.82 Å². The molecule has 2 amide bonds. The molecule has 0 atom stereocenters. The van der Waals surface area contributed by atoms with Gasteiger partial charge in [0.1, 0.15) is 5.82 Å². The van der Waals surface area contributed by atoms with E-state index in [9.17, 15) is 9.59 Å². The van der Waals surface area contributed by atoms with Gasteiger partial charge in [0.2, 0.25) is 0 Å². The first-order valence-electron chi connectivity index (χ1n) is 7.07. The zero-order valence-corrected chi connectivity index (χ0v) is 16.3. The summed E-state index contributed by atoms with van der Waals surface area (Å²) in [5.74, 6) is 0.887. The van der Waals surface area contributed by atoms with Crippen LogP contribution in [0.5, 0.6) is 0 Å². The monoisotopic (exact) mass is 326 g/mol. The van der Waals surface area contributed by atoms with Crippen molar-refractivity contribution in [1.82, 2.24) is 15.2 Å². The van der Waals surface area contributed by atoms with Gasteiger partial charge in [0.05, 0.1) is 5.56 Å². The molecule has 22 heavy (non-hydrogen) atoms. The molecule has 6 nitrogen and oxygen atoms in total. The van der Waals surface area contributed by atoms with E-state index in [2.05, 4.69) is 22.1 Å². The van der Waals surface area contributed by atoms with Crippen LogP contribution < -0.4 is 61.6 Å². The van der Waals surface area contributed by atoms with Crippen molar-refractivity contribution in [2.24, 2.45) is 5.41 Å². The van der Waals surface area contributed by atoms with E-state index in [0.717, 1.165) is 32.0 Å². The molecule has 0 saturated carbocycles. The van der Waals surface area contributed by atoms with E-state index in [1.165, 1.54) is 0 Å². The number of pyridine rings is 1. The number of likely N-dealkylation sites (tertiary alicyclic amines) is 1. The Morgan fingerprint density at radius 3 is 2.50 bits per heavy atom. The first kappa shape index (κ1) is 17.9. The van der Waals surface area contributed by atoms with Crippen molar-refractivity contribution in [2.45, 2.75) is 6.42 Å². The van der Waals surface area contributed by atoms with Crippen LogP contribution >= 0.6 is 0 Å². The molecule has 1 aromatic rings. The van der Waals surface area contributed by atoms with E-state index in [1.807, 2.05) is 11.0 Å². The molecule has 0 aromatic carbocycles. The number of anilines is 1. The van der Waals surface area contributed by atoms with Crippen LogP contribution in [0.3, 0.4) is 0 Å². The predicted octanol–water partition coefficient (Wildman–Crippen LogP) is -2.68. The van der Waals surface area contributed by atoms with Gasteiger partial charge in [-0.25, -0.2) is 4.98 Å². The van der Waals surface area contributed by atoms with Crippen molar-refractivity contribution >= 4 is 17.6 Å². The summed E-state index contributed by atoms with van der Waals surface area (Å²) in [6.07, 6.45) is 1.93. The Bertz CT molecular complexity index is 561. The number of carbonyl (C=O) groups excluding carboxylic acids is 2. The van der Waals surface area contributed by atoms with E-state index in [4.69, 9.17) is 0 Å². The zero-order valence-electron chi connectivity index (χ0n) is 13.1. The summed E-state index contributed by atoms with van der Waals surface area (Å²) in [6, 6.07) is 3.65. The molecule has 3 heterocycles. The number of carbonyl (C=O) groups is 2. The van der Waals surface area contributed by atoms with Gasteiger partial charge < -0.3 is 22.0 Å². The smallest absolute Gasteiger partial charge is 0.355 e. The average Bonchev–Trinajstić information content (AvgIpc) is 2.43. The predicted molar refractivity (Wildman–Crippen MR) is 78.8 cm³/mol. The van der Waals surface area contributed by atoms with Gasteiger partial charge in [-0.15, -0.1) is 6.42 Å². The summed E-state index contributed by atoms with van der Waals surface area (Å²) in [5.41, 5.74) is 0.804. The topological polar surface area (TPSA) is 65.5 Å². The minimum absolute atomic E-state index is 0. The number of hydrogen-bond acceptors (Lipinski definition) is 4. The van der Waals surface area contributed by atoms with E-state index in [0.29, 0.717) is 12.0 Å². The van der Waals surface area contributed by atoms with Gasteiger partial charge in [-0.2, -0.15) is 0 Å². The van der Waals surface area contributed by atoms with Gasteiger partial charge in [-0.05, 0) is 12.1 Å². The molecule has 2 aliphatic heterocycles. The summed E-state index contributed by atoms with van der Waals surface area (Å²) in [7, 11) is 1.60. The minimum Gasteiger partial charge on any atom is -0.355 e. The molecule has 0 aliphatic carbocycles. The number of rotatable bonds is 3. The third-order valence-corrected chi connectivity index (χ3v) is 4.23. The van der Waals surface area contributed by atoms with Crippen LogP contribution in [0.2, 0.25) is 0 Å². The third kappa shape index (κ3) is 3.23. The van der Waals surface area contributed by atoms with E-state index < -0.39 is 0 Å². The van der Waals surface area contributed by atoms with Gasteiger partial charge in [-0.1, -0.05) is 0 Å². The van der Waals surface area contributed by atoms with Gasteiger partial charge in [-0.3, -0.25) is 9.59 Å². The Hall–Kier alpha value is -0.474. The summed E-state index contributed by atoms with van der Waals surface area (Å²) >= 11 is 0. The summed E-state index contributed by atoms with van der Waals surface area (Å²) in [4.78, 5) is 31.3. The summed E-state index contributed by atoms with van der Waals surface area (Å²) < 4.78 is 0. The molecular weight excluding hydrogens is 307 g/mol. The van der Waals surface area contributed by atoms with Crippen LogP contribution in [-0.4, -0.2) is 54.9 Å². The van der Waals surface area contributed by atoms with Crippen LogP contribution in [0.1, 0.15) is 16.8 Å². The maximum Gasteiger partial charge on any atom is 1.00 e. The second-order valence-corrected chi connectivity index (χ2v) is 5.84. The van der Waals surface area contributed by atoms with Gasteiger partial charge in [0.25, 0.3) is 5.91 Å². The molecule has 112 valence electrons. The fourth-order valence-corrected chi connectivity index (χ4v) is 3.08. The molecule has 3 rings (SSSR count). The van der Waals surface area contributed by atoms with Crippen LogP contribution in [0.25, 0.3) is 0 Å². The van der Waals surface area contributed by atoms with Gasteiger partial charge >= 0.3 is 51.4 Å². The number of nitrogens with zero attached hydrogens (tertiary/aromatic N) is 3. The number of nitrogens with one attached hydrogen (secondary N) is 1. The Balaban J connectivity index is 0.00000176. The Morgan fingerprint density at radius 2 is 2.00 bits per heavy atom. The average molecular weight is 326 g/mol. The SMILES string of the molecule is [CH2-]CC(=O)N1CC2(C1)CN(c1ccc(C(=O)NC)cn1)C2.[K+]. The summed E-state index contributed by atoms with van der Waals surface area (Å²) in [6.45, 7) is 7.12. The molecule has 2 aliphatic rings. The van der Waals surface area contributed by atoms with Crippen molar-refractivity contribution in [2.75, 3.05) is 38.1 Å². The van der Waals surface area contributed by atoms with Crippen LogP contribution in [0, 0.1) is 12.3 Å². The normalized spacial score (nSPS) is 18.1. The number of aromatic nitrogens is 1. The summed E-state index contributed by atoms with van der Waals surface area (Å²) in [5, 5.41) is 2.58. The van der Waals surface area contributed by atoms with Crippen molar-refractivity contribution in [1.29, 1.82) is 0 Å². The van der Waals surface area contributed by atoms with Crippen molar-refractivity contribution in [3.05, 3.63) is 30.8 Å². The Labute approximate surface area is 173 Å². The van der Waals surface area contributed by atoms with E-state index in [-0.39, 0.29) is 68.6 Å². The number of hydrogen-bond donors (Lipinski definition) is 1. The van der Waals surface area contributed by atoms with Crippen molar-refractivity contribution < 1.29 is 61.0 Å². The molecular formula is C15H19KN4O2. The van der Waals surface area contributed by atoms with Gasteiger partial charge in [0, 0.05) is 44.8 Å². The molecule has 7 heteroatoms. The largest absolute Gasteiger partial charge is 1.00 e. The molecule has 1 spiro atoms. The molecule has 1 N–H and O–H groups in total. The van der Waals surface area contributed by atoms with Crippen LogP contribution in [0.15, 0.2) is 18.3 Å². The van der Waals surface area contributed by atoms with Crippen LogP contribution in [-0.2, 0) is 4.79 Å². The Morgan fingerprint density at radius 1 is 1.32 bits per heavy atom. The van der Waals surface area contributed by atoms with Crippen molar-refractivity contribution in [3.63, 3.8) is 0 Å². The van der Waals surface area contributed by atoms with E-state index in [1.54, 1.807) is 19.3 Å². The molecule has 0 radical (unpaired) electrons. The quantitative estimate of drug-likeness (QED) is 0.486. The zero-order chi connectivity index (χ0) is 15.0. The second kappa shape index (κ2) is 6.96. The molecule has 1 aromatic heterocycles. The van der Waals surface area contributed by atoms with Gasteiger partial charge in [0.15, 0.2) is 5.91 Å². The van der Waals surface area contributed by atoms with Crippen molar-refractivity contribution in [3.8, 4) is 0 Å². The standard InChI is InChI=1S/C15H19N4O2.K/c1-3-13(20)19-9-15(10-19)7-18(8-15)12-5-4-11(6-17-12)14(21)16-2;/h4-6H,1,3,7-10H2,2H3,(H,16,21);/q-1;+1. The molecule has 0 unspecified atom stereocenters. The maximum atomic E-state index is 11.5. The third-order valence-electron chi connectivity index (χ3n) is 4.23. The number of amides is 2. The molecule has 2 saturated heterocycles. The first-order valence-corrected chi connectivity index (χ1v) is 7.07.